The number of aliphatic hydroxyl groups excluding tert-OH is 1. The lowest BCUT2D eigenvalue weighted by Crippen LogP contribution is -2.03. The van der Waals surface area contributed by atoms with Crippen LogP contribution in [0.25, 0.3) is 11.1 Å². The minimum atomic E-state index is -1.10. The van der Waals surface area contributed by atoms with Gasteiger partial charge in [0.15, 0.2) is 0 Å². The molecule has 2 aromatic carbocycles. The van der Waals surface area contributed by atoms with Crippen molar-refractivity contribution in [1.29, 1.82) is 0 Å². The summed E-state index contributed by atoms with van der Waals surface area (Å²) in [4.78, 5) is 11.1. The van der Waals surface area contributed by atoms with Crippen LogP contribution < -0.4 is 0 Å². The molecule has 4 heteroatoms. The van der Waals surface area contributed by atoms with Crippen LogP contribution in [0.2, 0.25) is 5.02 Å². The van der Waals surface area contributed by atoms with Gasteiger partial charge in [-0.2, -0.15) is 0 Å². The minimum absolute atomic E-state index is 0.0313. The predicted octanol–water partition coefficient (Wildman–Crippen LogP) is 3.20. The molecule has 0 spiro atoms. The predicted molar refractivity (Wildman–Crippen MR) is 69.8 cm³/mol. The zero-order valence-corrected chi connectivity index (χ0v) is 10.2. The third-order valence-electron chi connectivity index (χ3n) is 2.69. The number of aliphatic hydroxyl groups is 1. The second kappa shape index (κ2) is 5.21. The Balaban J connectivity index is 2.62. The summed E-state index contributed by atoms with van der Waals surface area (Å²) in [5.74, 6) is -1.10. The quantitative estimate of drug-likeness (QED) is 0.893. The van der Waals surface area contributed by atoms with Crippen LogP contribution in [0, 0.1) is 0 Å². The van der Waals surface area contributed by atoms with Crippen molar-refractivity contribution >= 4 is 17.6 Å². The first-order chi connectivity index (χ1) is 8.63. The molecule has 2 rings (SSSR count). The molecule has 0 aliphatic rings. The SMILES string of the molecule is O=C(O)c1cc(-c2ccccc2)cc(Cl)c1CO. The zero-order chi connectivity index (χ0) is 13.1. The molecule has 0 unspecified atom stereocenters. The third kappa shape index (κ3) is 2.37. The molecule has 0 bridgehead atoms. The average Bonchev–Trinajstić information content (AvgIpc) is 2.38. The molecule has 0 saturated carbocycles. The second-order valence-electron chi connectivity index (χ2n) is 3.81. The molecule has 3 nitrogen and oxygen atoms in total. The lowest BCUT2D eigenvalue weighted by atomic mass is 9.99. The molecule has 92 valence electrons. The van der Waals surface area contributed by atoms with Crippen LogP contribution in [0.3, 0.4) is 0 Å². The highest BCUT2D eigenvalue weighted by Gasteiger charge is 2.15. The molecule has 0 aliphatic heterocycles. The van der Waals surface area contributed by atoms with E-state index in [0.29, 0.717) is 0 Å². The monoisotopic (exact) mass is 262 g/mol. The van der Waals surface area contributed by atoms with E-state index in [0.717, 1.165) is 11.1 Å². The Labute approximate surface area is 109 Å². The van der Waals surface area contributed by atoms with E-state index in [1.165, 1.54) is 6.07 Å². The smallest absolute Gasteiger partial charge is 0.336 e. The Bertz CT molecular complexity index is 579. The minimum Gasteiger partial charge on any atom is -0.478 e. The van der Waals surface area contributed by atoms with Gasteiger partial charge in [0.05, 0.1) is 12.2 Å². The Morgan fingerprint density at radius 1 is 1.11 bits per heavy atom. The van der Waals surface area contributed by atoms with Crippen LogP contribution >= 0.6 is 11.6 Å². The van der Waals surface area contributed by atoms with Crippen LogP contribution in [0.4, 0.5) is 0 Å². The van der Waals surface area contributed by atoms with Gasteiger partial charge in [0.2, 0.25) is 0 Å². The number of carbonyl (C=O) groups is 1. The topological polar surface area (TPSA) is 57.5 Å². The fraction of sp³-hybridized carbons (Fsp3) is 0.0714. The molecule has 0 aliphatic carbocycles. The van der Waals surface area contributed by atoms with Gasteiger partial charge >= 0.3 is 5.97 Å². The first-order valence-electron chi connectivity index (χ1n) is 5.35. The van der Waals surface area contributed by atoms with E-state index in [2.05, 4.69) is 0 Å². The van der Waals surface area contributed by atoms with Crippen LogP contribution in [0.5, 0.6) is 0 Å². The summed E-state index contributed by atoms with van der Waals surface area (Å²) >= 11 is 6.01. The molecule has 0 aromatic heterocycles. The number of benzene rings is 2. The lowest BCUT2D eigenvalue weighted by molar-refractivity contribution is 0.0693. The van der Waals surface area contributed by atoms with Crippen molar-refractivity contribution < 1.29 is 15.0 Å². The third-order valence-corrected chi connectivity index (χ3v) is 3.03. The summed E-state index contributed by atoms with van der Waals surface area (Å²) in [5.41, 5.74) is 1.87. The van der Waals surface area contributed by atoms with E-state index < -0.39 is 12.6 Å². The maximum Gasteiger partial charge on any atom is 0.336 e. The maximum atomic E-state index is 11.1. The van der Waals surface area contributed by atoms with Crippen molar-refractivity contribution in [1.82, 2.24) is 0 Å². The lowest BCUT2D eigenvalue weighted by Gasteiger charge is -2.09. The van der Waals surface area contributed by atoms with Gasteiger partial charge in [0, 0.05) is 10.6 Å². The molecule has 0 atom stereocenters. The largest absolute Gasteiger partial charge is 0.478 e. The second-order valence-corrected chi connectivity index (χ2v) is 4.22. The normalized spacial score (nSPS) is 10.3. The fourth-order valence-corrected chi connectivity index (χ4v) is 2.06. The highest BCUT2D eigenvalue weighted by molar-refractivity contribution is 6.32. The first kappa shape index (κ1) is 12.6. The molecule has 18 heavy (non-hydrogen) atoms. The van der Waals surface area contributed by atoms with Crippen molar-refractivity contribution in [2.75, 3.05) is 0 Å². The number of halogens is 1. The number of carboxylic acids is 1. The van der Waals surface area contributed by atoms with Gasteiger partial charge in [0.25, 0.3) is 0 Å². The van der Waals surface area contributed by atoms with Gasteiger partial charge in [-0.1, -0.05) is 41.9 Å². The summed E-state index contributed by atoms with van der Waals surface area (Å²) in [5, 5.41) is 18.5. The molecule has 2 aromatic rings. The van der Waals surface area contributed by atoms with E-state index in [9.17, 15) is 4.79 Å². The van der Waals surface area contributed by atoms with Gasteiger partial charge in [-0.05, 0) is 23.3 Å². The maximum absolute atomic E-state index is 11.1. The van der Waals surface area contributed by atoms with Crippen LogP contribution in [-0.4, -0.2) is 16.2 Å². The van der Waals surface area contributed by atoms with Crippen LogP contribution in [-0.2, 0) is 6.61 Å². The first-order valence-corrected chi connectivity index (χ1v) is 5.73. The number of hydrogen-bond donors (Lipinski definition) is 2. The molecule has 2 N–H and O–H groups in total. The summed E-state index contributed by atoms with van der Waals surface area (Å²) in [7, 11) is 0. The van der Waals surface area contributed by atoms with Gasteiger partial charge in [-0.15, -0.1) is 0 Å². The Morgan fingerprint density at radius 3 is 2.33 bits per heavy atom. The Hall–Kier alpha value is -1.84. The summed E-state index contributed by atoms with van der Waals surface area (Å²) in [6.45, 7) is -0.393. The number of aromatic carboxylic acids is 1. The number of hydrogen-bond acceptors (Lipinski definition) is 2. The van der Waals surface area contributed by atoms with E-state index in [-0.39, 0.29) is 16.1 Å². The van der Waals surface area contributed by atoms with Crippen LogP contribution in [0.1, 0.15) is 15.9 Å². The highest BCUT2D eigenvalue weighted by Crippen LogP contribution is 2.29. The van der Waals surface area contributed by atoms with Crippen molar-refractivity contribution in [3.63, 3.8) is 0 Å². The van der Waals surface area contributed by atoms with E-state index >= 15 is 0 Å². The van der Waals surface area contributed by atoms with Crippen molar-refractivity contribution in [3.05, 3.63) is 58.6 Å². The number of rotatable bonds is 3. The van der Waals surface area contributed by atoms with E-state index in [1.54, 1.807) is 6.07 Å². The fourth-order valence-electron chi connectivity index (χ4n) is 1.79. The van der Waals surface area contributed by atoms with E-state index in [4.69, 9.17) is 21.8 Å². The van der Waals surface area contributed by atoms with Crippen LogP contribution in [0.15, 0.2) is 42.5 Å². The average molecular weight is 263 g/mol. The molecule has 0 amide bonds. The molecular weight excluding hydrogens is 252 g/mol. The van der Waals surface area contributed by atoms with Gasteiger partial charge in [-0.25, -0.2) is 4.79 Å². The molecule has 0 radical (unpaired) electrons. The van der Waals surface area contributed by atoms with Gasteiger partial charge in [-0.3, -0.25) is 0 Å². The van der Waals surface area contributed by atoms with Crippen molar-refractivity contribution in [2.45, 2.75) is 6.61 Å². The highest BCUT2D eigenvalue weighted by atomic mass is 35.5. The standard InChI is InChI=1S/C14H11ClO3/c15-13-7-10(9-4-2-1-3-5-9)6-11(14(17)18)12(13)8-16/h1-7,16H,8H2,(H,17,18). The molecular formula is C14H11ClO3. The summed E-state index contributed by atoms with van der Waals surface area (Å²) < 4.78 is 0. The Kier molecular flexibility index (Phi) is 3.65. The molecule has 0 saturated heterocycles. The molecule has 0 heterocycles. The zero-order valence-electron chi connectivity index (χ0n) is 9.43. The van der Waals surface area contributed by atoms with E-state index in [1.807, 2.05) is 30.3 Å². The molecule has 0 fully saturated rings. The van der Waals surface area contributed by atoms with Crippen molar-refractivity contribution in [3.8, 4) is 11.1 Å². The van der Waals surface area contributed by atoms with Crippen molar-refractivity contribution in [2.24, 2.45) is 0 Å². The number of carboxylic acid groups (broad SMARTS) is 1. The summed E-state index contributed by atoms with van der Waals surface area (Å²) in [6.07, 6.45) is 0. The summed E-state index contributed by atoms with van der Waals surface area (Å²) in [6, 6.07) is 12.5. The van der Waals surface area contributed by atoms with Gasteiger partial charge < -0.3 is 10.2 Å². The van der Waals surface area contributed by atoms with Gasteiger partial charge in [0.1, 0.15) is 0 Å². The Morgan fingerprint density at radius 2 is 1.78 bits per heavy atom.